The Morgan fingerprint density at radius 3 is 2.26 bits per heavy atom. The molecule has 5 rings (SSSR count). The molecular formula is C28H32N2O5. The minimum Gasteiger partial charge on any atom is -0.481 e. The number of nitrogens with one attached hydrogen (secondary N) is 1. The fourth-order valence-electron chi connectivity index (χ4n) is 6.00. The molecule has 0 unspecified atom stereocenters. The lowest BCUT2D eigenvalue weighted by atomic mass is 9.83. The quantitative estimate of drug-likeness (QED) is 0.667. The molecule has 1 saturated heterocycles. The molecule has 184 valence electrons. The van der Waals surface area contributed by atoms with Crippen LogP contribution >= 0.6 is 0 Å². The number of amides is 2. The fourth-order valence-corrected chi connectivity index (χ4v) is 6.00. The van der Waals surface area contributed by atoms with Crippen LogP contribution in [0.5, 0.6) is 0 Å². The van der Waals surface area contributed by atoms with Gasteiger partial charge in [-0.3, -0.25) is 9.59 Å². The minimum atomic E-state index is -0.848. The van der Waals surface area contributed by atoms with Crippen LogP contribution in [0.15, 0.2) is 48.5 Å². The molecule has 2 amide bonds. The molecule has 3 atom stereocenters. The van der Waals surface area contributed by atoms with E-state index in [2.05, 4.69) is 29.6 Å². The number of likely N-dealkylation sites (tertiary alicyclic amines) is 1. The number of carbonyl (C=O) groups is 3. The average Bonchev–Trinajstić information content (AvgIpc) is 3.21. The smallest absolute Gasteiger partial charge is 0.407 e. The second-order valence-corrected chi connectivity index (χ2v) is 9.93. The van der Waals surface area contributed by atoms with E-state index < -0.39 is 18.0 Å². The first-order valence-electron chi connectivity index (χ1n) is 12.7. The van der Waals surface area contributed by atoms with Gasteiger partial charge in [0.05, 0.1) is 11.8 Å². The van der Waals surface area contributed by atoms with E-state index in [1.165, 1.54) is 11.1 Å². The molecule has 2 N–H and O–H groups in total. The number of nitrogens with zero attached hydrogens (tertiary/aromatic N) is 1. The summed E-state index contributed by atoms with van der Waals surface area (Å²) in [5.74, 6) is -1.75. The third-order valence-electron chi connectivity index (χ3n) is 7.81. The van der Waals surface area contributed by atoms with Crippen LogP contribution in [0.4, 0.5) is 4.79 Å². The van der Waals surface area contributed by atoms with Crippen LogP contribution in [-0.4, -0.2) is 53.7 Å². The van der Waals surface area contributed by atoms with E-state index in [0.29, 0.717) is 25.8 Å². The molecular weight excluding hydrogens is 444 g/mol. The molecule has 7 heteroatoms. The van der Waals surface area contributed by atoms with Gasteiger partial charge < -0.3 is 20.1 Å². The molecule has 2 aromatic rings. The highest BCUT2D eigenvalue weighted by Gasteiger charge is 2.38. The SMILES string of the molecule is O=C(N[C@H]1CCCC[C@H]1C(=O)N1CCC[C@@H](C(=O)O)C1)OCC1c2ccccc2-c2ccccc21. The summed E-state index contributed by atoms with van der Waals surface area (Å²) in [6.45, 7) is 1.07. The lowest BCUT2D eigenvalue weighted by Gasteiger charge is -2.37. The van der Waals surface area contributed by atoms with Crippen molar-refractivity contribution < 1.29 is 24.2 Å². The van der Waals surface area contributed by atoms with Gasteiger partial charge in [-0.25, -0.2) is 4.79 Å². The number of aliphatic carboxylic acids is 1. The number of fused-ring (bicyclic) bond motifs is 3. The maximum atomic E-state index is 13.3. The van der Waals surface area contributed by atoms with Crippen LogP contribution < -0.4 is 5.32 Å². The normalized spacial score (nSPS) is 23.8. The van der Waals surface area contributed by atoms with Crippen molar-refractivity contribution in [3.8, 4) is 11.1 Å². The summed E-state index contributed by atoms with van der Waals surface area (Å²) >= 11 is 0. The van der Waals surface area contributed by atoms with E-state index in [-0.39, 0.29) is 36.9 Å². The molecule has 1 heterocycles. The Bertz CT molecular complexity index is 1070. The van der Waals surface area contributed by atoms with E-state index in [1.807, 2.05) is 24.3 Å². The monoisotopic (exact) mass is 476 g/mol. The highest BCUT2D eigenvalue weighted by Crippen LogP contribution is 2.44. The Morgan fingerprint density at radius 2 is 1.57 bits per heavy atom. The van der Waals surface area contributed by atoms with Crippen LogP contribution in [0.3, 0.4) is 0 Å². The highest BCUT2D eigenvalue weighted by atomic mass is 16.5. The lowest BCUT2D eigenvalue weighted by Crippen LogP contribution is -2.52. The molecule has 2 aliphatic carbocycles. The first kappa shape index (κ1) is 23.4. The number of benzene rings is 2. The van der Waals surface area contributed by atoms with Gasteiger partial charge in [0, 0.05) is 25.0 Å². The summed E-state index contributed by atoms with van der Waals surface area (Å²) < 4.78 is 5.71. The molecule has 1 saturated carbocycles. The zero-order chi connectivity index (χ0) is 24.4. The second-order valence-electron chi connectivity index (χ2n) is 9.93. The predicted octanol–water partition coefficient (Wildman–Crippen LogP) is 4.41. The van der Waals surface area contributed by atoms with Gasteiger partial charge in [-0.2, -0.15) is 0 Å². The molecule has 0 radical (unpaired) electrons. The van der Waals surface area contributed by atoms with Crippen molar-refractivity contribution in [1.82, 2.24) is 10.2 Å². The Labute approximate surface area is 205 Å². The number of hydrogen-bond donors (Lipinski definition) is 2. The zero-order valence-electron chi connectivity index (χ0n) is 19.8. The second kappa shape index (κ2) is 10.1. The maximum Gasteiger partial charge on any atom is 0.407 e. The summed E-state index contributed by atoms with van der Waals surface area (Å²) in [7, 11) is 0. The highest BCUT2D eigenvalue weighted by molar-refractivity contribution is 5.82. The Morgan fingerprint density at radius 1 is 0.914 bits per heavy atom. The van der Waals surface area contributed by atoms with Gasteiger partial charge in [0.25, 0.3) is 0 Å². The van der Waals surface area contributed by atoms with Gasteiger partial charge in [0.1, 0.15) is 6.61 Å². The molecule has 7 nitrogen and oxygen atoms in total. The lowest BCUT2D eigenvalue weighted by molar-refractivity contribution is -0.147. The number of ether oxygens (including phenoxy) is 1. The number of piperidine rings is 1. The Hall–Kier alpha value is -3.35. The molecule has 0 spiro atoms. The maximum absolute atomic E-state index is 13.3. The van der Waals surface area contributed by atoms with E-state index in [4.69, 9.17) is 4.74 Å². The Balaban J connectivity index is 1.22. The fraction of sp³-hybridized carbons (Fsp3) is 0.464. The van der Waals surface area contributed by atoms with E-state index in [0.717, 1.165) is 30.4 Å². The van der Waals surface area contributed by atoms with Gasteiger partial charge in [0.15, 0.2) is 0 Å². The van der Waals surface area contributed by atoms with Crippen molar-refractivity contribution in [3.63, 3.8) is 0 Å². The predicted molar refractivity (Wildman–Crippen MR) is 131 cm³/mol. The van der Waals surface area contributed by atoms with E-state index in [9.17, 15) is 19.5 Å². The third-order valence-corrected chi connectivity index (χ3v) is 7.81. The standard InChI is InChI=1S/C28H32N2O5/c31-26(30-15-7-8-18(16-30)27(32)33)23-13-5-6-14-25(23)29-28(34)35-17-24-21-11-3-1-9-19(21)20-10-2-4-12-22(20)24/h1-4,9-12,18,23-25H,5-8,13-17H2,(H,29,34)(H,32,33)/t18-,23-,25+/m1/s1. The van der Waals surface area contributed by atoms with Crippen molar-refractivity contribution in [3.05, 3.63) is 59.7 Å². The topological polar surface area (TPSA) is 95.9 Å². The van der Waals surface area contributed by atoms with Crippen LogP contribution in [0.2, 0.25) is 0 Å². The first-order valence-corrected chi connectivity index (χ1v) is 12.7. The first-order chi connectivity index (χ1) is 17.0. The van der Waals surface area contributed by atoms with Crippen molar-refractivity contribution in [2.75, 3.05) is 19.7 Å². The minimum absolute atomic E-state index is 0.0155. The molecule has 0 bridgehead atoms. The molecule has 2 aromatic carbocycles. The number of alkyl carbamates (subject to hydrolysis) is 1. The van der Waals surface area contributed by atoms with Gasteiger partial charge in [-0.1, -0.05) is 61.4 Å². The number of hydrogen-bond acceptors (Lipinski definition) is 4. The largest absolute Gasteiger partial charge is 0.481 e. The van der Waals surface area contributed by atoms with Gasteiger partial charge in [0.2, 0.25) is 5.91 Å². The number of carboxylic acid groups (broad SMARTS) is 1. The number of carboxylic acids is 1. The van der Waals surface area contributed by atoms with E-state index >= 15 is 0 Å². The van der Waals surface area contributed by atoms with Crippen LogP contribution in [0, 0.1) is 11.8 Å². The Kier molecular flexibility index (Phi) is 6.75. The summed E-state index contributed by atoms with van der Waals surface area (Å²) in [6, 6.07) is 16.1. The summed E-state index contributed by atoms with van der Waals surface area (Å²) in [5.41, 5.74) is 4.67. The summed E-state index contributed by atoms with van der Waals surface area (Å²) in [4.78, 5) is 39.3. The van der Waals surface area contributed by atoms with E-state index in [1.54, 1.807) is 4.90 Å². The van der Waals surface area contributed by atoms with Crippen LogP contribution in [-0.2, 0) is 14.3 Å². The van der Waals surface area contributed by atoms with Crippen molar-refractivity contribution in [2.45, 2.75) is 50.5 Å². The van der Waals surface area contributed by atoms with Crippen LogP contribution in [0.1, 0.15) is 55.6 Å². The van der Waals surface area contributed by atoms with Crippen LogP contribution in [0.25, 0.3) is 11.1 Å². The van der Waals surface area contributed by atoms with Gasteiger partial charge in [-0.15, -0.1) is 0 Å². The summed E-state index contributed by atoms with van der Waals surface area (Å²) in [6.07, 6.45) is 4.08. The van der Waals surface area contributed by atoms with Crippen molar-refractivity contribution in [2.24, 2.45) is 11.8 Å². The van der Waals surface area contributed by atoms with Gasteiger partial charge in [-0.05, 0) is 47.9 Å². The third kappa shape index (κ3) is 4.77. The number of rotatable bonds is 5. The molecule has 1 aliphatic heterocycles. The van der Waals surface area contributed by atoms with Crippen molar-refractivity contribution in [1.29, 1.82) is 0 Å². The van der Waals surface area contributed by atoms with Gasteiger partial charge >= 0.3 is 12.1 Å². The molecule has 3 aliphatic rings. The summed E-state index contributed by atoms with van der Waals surface area (Å²) in [5, 5.41) is 12.3. The molecule has 2 fully saturated rings. The molecule has 35 heavy (non-hydrogen) atoms. The average molecular weight is 477 g/mol. The van der Waals surface area contributed by atoms with Crippen molar-refractivity contribution >= 4 is 18.0 Å². The molecule has 0 aromatic heterocycles. The zero-order valence-corrected chi connectivity index (χ0v) is 19.8. The number of carbonyl (C=O) groups excluding carboxylic acids is 2.